The normalized spacial score (nSPS) is 32.4. The predicted octanol–water partition coefficient (Wildman–Crippen LogP) is 2.06. The van der Waals surface area contributed by atoms with E-state index in [1.54, 1.807) is 0 Å². The van der Waals surface area contributed by atoms with E-state index in [0.29, 0.717) is 6.54 Å². The summed E-state index contributed by atoms with van der Waals surface area (Å²) in [5, 5.41) is 3.66. The van der Waals surface area contributed by atoms with Gasteiger partial charge in [-0.15, -0.1) is 0 Å². The molecule has 0 spiro atoms. The molecule has 3 heteroatoms. The minimum atomic E-state index is 0.0208. The van der Waals surface area contributed by atoms with Crippen LogP contribution in [-0.2, 0) is 11.3 Å². The van der Waals surface area contributed by atoms with E-state index in [9.17, 15) is 0 Å². The van der Waals surface area contributed by atoms with Crippen molar-refractivity contribution in [2.75, 3.05) is 6.54 Å². The smallest absolute Gasteiger partial charge is 0.0568 e. The second-order valence-corrected chi connectivity index (χ2v) is 5.49. The third-order valence-corrected chi connectivity index (χ3v) is 3.72. The lowest BCUT2D eigenvalue weighted by molar-refractivity contribution is -0.0674. The van der Waals surface area contributed by atoms with E-state index in [1.807, 2.05) is 6.07 Å². The number of nitrogens with two attached hydrogens (primary N) is 1. The molecule has 0 aliphatic carbocycles. The number of benzene rings is 1. The SMILES string of the molecule is CC1CC(CN)(NCc2ccccc2)CC(C)O1. The molecule has 1 saturated heterocycles. The van der Waals surface area contributed by atoms with Gasteiger partial charge in [0.2, 0.25) is 0 Å². The van der Waals surface area contributed by atoms with Crippen LogP contribution in [0.2, 0.25) is 0 Å². The lowest BCUT2D eigenvalue weighted by atomic mass is 9.84. The van der Waals surface area contributed by atoms with Gasteiger partial charge in [0.15, 0.2) is 0 Å². The number of hydrogen-bond acceptors (Lipinski definition) is 3. The van der Waals surface area contributed by atoms with Crippen LogP contribution >= 0.6 is 0 Å². The highest BCUT2D eigenvalue weighted by molar-refractivity contribution is 5.15. The molecule has 2 atom stereocenters. The summed E-state index contributed by atoms with van der Waals surface area (Å²) in [6.45, 7) is 5.80. The largest absolute Gasteiger partial charge is 0.375 e. The zero-order chi connectivity index (χ0) is 13.0. The third kappa shape index (κ3) is 3.31. The monoisotopic (exact) mass is 248 g/mol. The molecule has 2 rings (SSSR count). The van der Waals surface area contributed by atoms with E-state index in [1.165, 1.54) is 5.56 Å². The second kappa shape index (κ2) is 5.83. The van der Waals surface area contributed by atoms with Crippen LogP contribution in [0.3, 0.4) is 0 Å². The first-order valence-corrected chi connectivity index (χ1v) is 6.78. The molecule has 1 aromatic rings. The Morgan fingerprint density at radius 1 is 1.22 bits per heavy atom. The first-order valence-electron chi connectivity index (χ1n) is 6.78. The van der Waals surface area contributed by atoms with Crippen molar-refractivity contribution in [1.29, 1.82) is 0 Å². The summed E-state index contributed by atoms with van der Waals surface area (Å²) < 4.78 is 5.80. The Morgan fingerprint density at radius 2 is 1.83 bits per heavy atom. The van der Waals surface area contributed by atoms with Gasteiger partial charge in [0.25, 0.3) is 0 Å². The first kappa shape index (κ1) is 13.5. The van der Waals surface area contributed by atoms with Crippen LogP contribution in [-0.4, -0.2) is 24.3 Å². The third-order valence-electron chi connectivity index (χ3n) is 3.72. The Kier molecular flexibility index (Phi) is 4.38. The van der Waals surface area contributed by atoms with E-state index in [2.05, 4.69) is 43.4 Å². The van der Waals surface area contributed by atoms with Gasteiger partial charge in [-0.05, 0) is 32.3 Å². The van der Waals surface area contributed by atoms with Crippen LogP contribution in [0.5, 0.6) is 0 Å². The van der Waals surface area contributed by atoms with Crippen molar-refractivity contribution in [1.82, 2.24) is 5.32 Å². The lowest BCUT2D eigenvalue weighted by Gasteiger charge is -2.43. The highest BCUT2D eigenvalue weighted by Crippen LogP contribution is 2.28. The summed E-state index contributed by atoms with van der Waals surface area (Å²) in [6, 6.07) is 10.5. The average molecular weight is 248 g/mol. The molecule has 0 aromatic heterocycles. The van der Waals surface area contributed by atoms with Gasteiger partial charge >= 0.3 is 0 Å². The topological polar surface area (TPSA) is 47.3 Å². The molecule has 1 aliphatic heterocycles. The summed E-state index contributed by atoms with van der Waals surface area (Å²) >= 11 is 0. The quantitative estimate of drug-likeness (QED) is 0.857. The summed E-state index contributed by atoms with van der Waals surface area (Å²) in [5.74, 6) is 0. The molecule has 0 amide bonds. The van der Waals surface area contributed by atoms with Gasteiger partial charge in [-0.25, -0.2) is 0 Å². The molecule has 100 valence electrons. The van der Waals surface area contributed by atoms with Gasteiger partial charge in [0.1, 0.15) is 0 Å². The molecule has 3 N–H and O–H groups in total. The molecule has 18 heavy (non-hydrogen) atoms. The van der Waals surface area contributed by atoms with Gasteiger partial charge in [0.05, 0.1) is 12.2 Å². The molecule has 1 heterocycles. The van der Waals surface area contributed by atoms with Crippen LogP contribution in [0.25, 0.3) is 0 Å². The number of hydrogen-bond donors (Lipinski definition) is 2. The maximum absolute atomic E-state index is 6.01. The number of rotatable bonds is 4. The van der Waals surface area contributed by atoms with Gasteiger partial charge < -0.3 is 15.8 Å². The average Bonchev–Trinajstić information content (AvgIpc) is 2.37. The van der Waals surface area contributed by atoms with Gasteiger partial charge in [-0.1, -0.05) is 30.3 Å². The highest BCUT2D eigenvalue weighted by Gasteiger charge is 2.36. The van der Waals surface area contributed by atoms with E-state index in [0.717, 1.165) is 19.4 Å². The molecule has 1 aliphatic rings. The molecule has 2 unspecified atom stereocenters. The van der Waals surface area contributed by atoms with Crippen molar-refractivity contribution < 1.29 is 4.74 Å². The maximum atomic E-state index is 6.01. The molecule has 0 bridgehead atoms. The summed E-state index contributed by atoms with van der Waals surface area (Å²) in [5.41, 5.74) is 7.33. The van der Waals surface area contributed by atoms with Crippen LogP contribution in [0.4, 0.5) is 0 Å². The Labute approximate surface area is 110 Å². The summed E-state index contributed by atoms with van der Waals surface area (Å²) in [4.78, 5) is 0. The Balaban J connectivity index is 2.00. The number of nitrogens with one attached hydrogen (secondary N) is 1. The van der Waals surface area contributed by atoms with Crippen molar-refractivity contribution in [2.24, 2.45) is 5.73 Å². The minimum Gasteiger partial charge on any atom is -0.375 e. The standard InChI is InChI=1S/C15H24N2O/c1-12-8-15(11-16,9-13(2)18-12)17-10-14-6-4-3-5-7-14/h3-7,12-13,17H,8-11,16H2,1-2H3. The van der Waals surface area contributed by atoms with Gasteiger partial charge in [-0.3, -0.25) is 0 Å². The van der Waals surface area contributed by atoms with Crippen molar-refractivity contribution in [2.45, 2.75) is 51.0 Å². The first-order chi connectivity index (χ1) is 8.63. The van der Waals surface area contributed by atoms with Crippen LogP contribution < -0.4 is 11.1 Å². The fraction of sp³-hybridized carbons (Fsp3) is 0.600. The second-order valence-electron chi connectivity index (χ2n) is 5.49. The minimum absolute atomic E-state index is 0.0208. The Hall–Kier alpha value is -0.900. The van der Waals surface area contributed by atoms with E-state index < -0.39 is 0 Å². The molecule has 1 aromatic carbocycles. The van der Waals surface area contributed by atoms with E-state index >= 15 is 0 Å². The van der Waals surface area contributed by atoms with E-state index in [-0.39, 0.29) is 17.7 Å². The van der Waals surface area contributed by atoms with Gasteiger partial charge in [0, 0.05) is 18.6 Å². The molecule has 1 fully saturated rings. The van der Waals surface area contributed by atoms with Crippen molar-refractivity contribution >= 4 is 0 Å². The van der Waals surface area contributed by atoms with Crippen LogP contribution in [0.15, 0.2) is 30.3 Å². The fourth-order valence-corrected chi connectivity index (χ4v) is 2.95. The molecule has 0 radical (unpaired) electrons. The Morgan fingerprint density at radius 3 is 2.39 bits per heavy atom. The summed E-state index contributed by atoms with van der Waals surface area (Å²) in [6.07, 6.45) is 2.53. The highest BCUT2D eigenvalue weighted by atomic mass is 16.5. The van der Waals surface area contributed by atoms with Crippen molar-refractivity contribution in [3.8, 4) is 0 Å². The maximum Gasteiger partial charge on any atom is 0.0568 e. The summed E-state index contributed by atoms with van der Waals surface area (Å²) in [7, 11) is 0. The van der Waals surface area contributed by atoms with Crippen molar-refractivity contribution in [3.63, 3.8) is 0 Å². The molecular weight excluding hydrogens is 224 g/mol. The lowest BCUT2D eigenvalue weighted by Crippen LogP contribution is -2.57. The van der Waals surface area contributed by atoms with Crippen LogP contribution in [0.1, 0.15) is 32.3 Å². The van der Waals surface area contributed by atoms with Crippen LogP contribution in [0, 0.1) is 0 Å². The predicted molar refractivity (Wildman–Crippen MR) is 74.3 cm³/mol. The molecule has 3 nitrogen and oxygen atoms in total. The van der Waals surface area contributed by atoms with Crippen molar-refractivity contribution in [3.05, 3.63) is 35.9 Å². The van der Waals surface area contributed by atoms with Gasteiger partial charge in [-0.2, -0.15) is 0 Å². The Bertz CT molecular complexity index is 356. The molecular formula is C15H24N2O. The zero-order valence-corrected chi connectivity index (χ0v) is 11.4. The van der Waals surface area contributed by atoms with E-state index in [4.69, 9.17) is 10.5 Å². The fourth-order valence-electron chi connectivity index (χ4n) is 2.95. The zero-order valence-electron chi connectivity index (χ0n) is 11.4. The number of ether oxygens (including phenoxy) is 1. The molecule has 0 saturated carbocycles.